The van der Waals surface area contributed by atoms with E-state index in [-0.39, 0.29) is 5.91 Å². The van der Waals surface area contributed by atoms with Crippen molar-refractivity contribution in [2.45, 2.75) is 26.3 Å². The fourth-order valence-electron chi connectivity index (χ4n) is 1.46. The quantitative estimate of drug-likeness (QED) is 0.790. The van der Waals surface area contributed by atoms with Crippen molar-refractivity contribution >= 4 is 21.8 Å². The zero-order valence-corrected chi connectivity index (χ0v) is 11.9. The molecule has 4 heteroatoms. The summed E-state index contributed by atoms with van der Waals surface area (Å²) in [5.41, 5.74) is 1.02. The molecular weight excluding hydrogens is 280 g/mol. The second-order valence-electron chi connectivity index (χ2n) is 4.27. The second-order valence-corrected chi connectivity index (χ2v) is 5.18. The van der Waals surface area contributed by atoms with Crippen molar-refractivity contribution < 1.29 is 4.79 Å². The summed E-state index contributed by atoms with van der Waals surface area (Å²) in [7, 11) is 0. The van der Waals surface area contributed by atoms with Crippen molar-refractivity contribution in [1.82, 2.24) is 10.6 Å². The lowest BCUT2D eigenvalue weighted by molar-refractivity contribution is -0.120. The summed E-state index contributed by atoms with van der Waals surface area (Å²) < 4.78 is 1.00. The SMILES string of the molecule is CC(C)NCCNC(=O)Cc1cccc(Br)c1. The molecule has 0 aromatic heterocycles. The minimum absolute atomic E-state index is 0.0636. The minimum Gasteiger partial charge on any atom is -0.355 e. The Morgan fingerprint density at radius 2 is 2.12 bits per heavy atom. The predicted molar refractivity (Wildman–Crippen MR) is 74.0 cm³/mol. The summed E-state index contributed by atoms with van der Waals surface area (Å²) in [5.74, 6) is 0.0636. The molecule has 0 aliphatic heterocycles. The zero-order valence-electron chi connectivity index (χ0n) is 10.3. The first kappa shape index (κ1) is 14.2. The topological polar surface area (TPSA) is 41.1 Å². The molecular formula is C13H19BrN2O. The zero-order chi connectivity index (χ0) is 12.7. The van der Waals surface area contributed by atoms with E-state index in [4.69, 9.17) is 0 Å². The highest BCUT2D eigenvalue weighted by Gasteiger charge is 2.03. The van der Waals surface area contributed by atoms with Crippen LogP contribution in [-0.2, 0) is 11.2 Å². The van der Waals surface area contributed by atoms with Gasteiger partial charge in [0.1, 0.15) is 0 Å². The van der Waals surface area contributed by atoms with Crippen LogP contribution in [0.5, 0.6) is 0 Å². The molecule has 0 saturated carbocycles. The van der Waals surface area contributed by atoms with Gasteiger partial charge in [0.2, 0.25) is 5.91 Å². The third-order valence-electron chi connectivity index (χ3n) is 2.25. The van der Waals surface area contributed by atoms with E-state index in [1.54, 1.807) is 0 Å². The highest BCUT2D eigenvalue weighted by Crippen LogP contribution is 2.11. The standard InChI is InChI=1S/C13H19BrN2O/c1-10(2)15-6-7-16-13(17)9-11-4-3-5-12(14)8-11/h3-5,8,10,15H,6-7,9H2,1-2H3,(H,16,17). The lowest BCUT2D eigenvalue weighted by atomic mass is 10.1. The molecule has 2 N–H and O–H groups in total. The number of rotatable bonds is 6. The summed E-state index contributed by atoms with van der Waals surface area (Å²) in [6.07, 6.45) is 0.432. The Balaban J connectivity index is 2.25. The number of nitrogens with one attached hydrogen (secondary N) is 2. The average Bonchev–Trinajstić information content (AvgIpc) is 2.24. The van der Waals surface area contributed by atoms with Gasteiger partial charge in [0.15, 0.2) is 0 Å². The molecule has 17 heavy (non-hydrogen) atoms. The minimum atomic E-state index is 0.0636. The average molecular weight is 299 g/mol. The van der Waals surface area contributed by atoms with Gasteiger partial charge in [-0.25, -0.2) is 0 Å². The lowest BCUT2D eigenvalue weighted by Crippen LogP contribution is -2.35. The molecule has 0 aliphatic carbocycles. The predicted octanol–water partition coefficient (Wildman–Crippen LogP) is 2.11. The Labute approximate surface area is 111 Å². The third-order valence-corrected chi connectivity index (χ3v) is 2.75. The molecule has 1 aromatic rings. The molecule has 0 fully saturated rings. The van der Waals surface area contributed by atoms with E-state index in [2.05, 4.69) is 40.4 Å². The number of carbonyl (C=O) groups is 1. The van der Waals surface area contributed by atoms with Crippen molar-refractivity contribution in [1.29, 1.82) is 0 Å². The van der Waals surface area contributed by atoms with Gasteiger partial charge >= 0.3 is 0 Å². The Bertz CT molecular complexity index is 366. The van der Waals surface area contributed by atoms with Gasteiger partial charge in [-0.3, -0.25) is 4.79 Å². The van der Waals surface area contributed by atoms with E-state index in [9.17, 15) is 4.79 Å². The van der Waals surface area contributed by atoms with Crippen LogP contribution in [0.1, 0.15) is 19.4 Å². The Morgan fingerprint density at radius 1 is 1.35 bits per heavy atom. The first-order valence-corrected chi connectivity index (χ1v) is 6.62. The van der Waals surface area contributed by atoms with Crippen LogP contribution in [0.15, 0.2) is 28.7 Å². The van der Waals surface area contributed by atoms with Crippen molar-refractivity contribution in [2.24, 2.45) is 0 Å². The maximum absolute atomic E-state index is 11.6. The summed E-state index contributed by atoms with van der Waals surface area (Å²) >= 11 is 3.39. The van der Waals surface area contributed by atoms with Gasteiger partial charge in [-0.15, -0.1) is 0 Å². The normalized spacial score (nSPS) is 10.6. The first-order valence-electron chi connectivity index (χ1n) is 5.82. The Morgan fingerprint density at radius 3 is 2.76 bits per heavy atom. The number of hydrogen-bond acceptors (Lipinski definition) is 2. The highest BCUT2D eigenvalue weighted by atomic mass is 79.9. The van der Waals surface area contributed by atoms with Crippen molar-refractivity contribution in [3.63, 3.8) is 0 Å². The molecule has 0 aliphatic rings. The molecule has 1 rings (SSSR count). The van der Waals surface area contributed by atoms with Gasteiger partial charge in [-0.2, -0.15) is 0 Å². The van der Waals surface area contributed by atoms with Gasteiger partial charge < -0.3 is 10.6 Å². The van der Waals surface area contributed by atoms with Gasteiger partial charge in [0.25, 0.3) is 0 Å². The van der Waals surface area contributed by atoms with Crippen molar-refractivity contribution in [3.8, 4) is 0 Å². The Hall–Kier alpha value is -0.870. The van der Waals surface area contributed by atoms with Crippen LogP contribution in [0.4, 0.5) is 0 Å². The van der Waals surface area contributed by atoms with Gasteiger partial charge in [-0.05, 0) is 17.7 Å². The number of halogens is 1. The van der Waals surface area contributed by atoms with Crippen LogP contribution < -0.4 is 10.6 Å². The number of amides is 1. The van der Waals surface area contributed by atoms with Crippen LogP contribution in [0.25, 0.3) is 0 Å². The highest BCUT2D eigenvalue weighted by molar-refractivity contribution is 9.10. The number of benzene rings is 1. The second kappa shape index (κ2) is 7.45. The largest absolute Gasteiger partial charge is 0.355 e. The van der Waals surface area contributed by atoms with Crippen LogP contribution in [-0.4, -0.2) is 25.0 Å². The molecule has 3 nitrogen and oxygen atoms in total. The summed E-state index contributed by atoms with van der Waals surface area (Å²) in [5, 5.41) is 6.14. The molecule has 0 spiro atoms. The fourth-order valence-corrected chi connectivity index (χ4v) is 1.90. The number of carbonyl (C=O) groups excluding carboxylic acids is 1. The molecule has 1 aromatic carbocycles. The maximum Gasteiger partial charge on any atom is 0.224 e. The molecule has 0 bridgehead atoms. The van der Waals surface area contributed by atoms with E-state index in [0.717, 1.165) is 16.6 Å². The van der Waals surface area contributed by atoms with E-state index < -0.39 is 0 Å². The smallest absolute Gasteiger partial charge is 0.224 e. The molecule has 0 unspecified atom stereocenters. The molecule has 1 amide bonds. The summed E-state index contributed by atoms with van der Waals surface area (Å²) in [6, 6.07) is 8.26. The van der Waals surface area contributed by atoms with Crippen molar-refractivity contribution in [3.05, 3.63) is 34.3 Å². The summed E-state index contributed by atoms with van der Waals surface area (Å²) in [4.78, 5) is 11.6. The van der Waals surface area contributed by atoms with E-state index in [1.807, 2.05) is 24.3 Å². The van der Waals surface area contributed by atoms with Crippen LogP contribution in [0.2, 0.25) is 0 Å². The maximum atomic E-state index is 11.6. The van der Waals surface area contributed by atoms with E-state index in [0.29, 0.717) is 19.0 Å². The molecule has 0 heterocycles. The first-order chi connectivity index (χ1) is 8.08. The molecule has 94 valence electrons. The van der Waals surface area contributed by atoms with Crippen LogP contribution in [0.3, 0.4) is 0 Å². The van der Waals surface area contributed by atoms with Gasteiger partial charge in [0.05, 0.1) is 6.42 Å². The van der Waals surface area contributed by atoms with Gasteiger partial charge in [-0.1, -0.05) is 41.9 Å². The molecule has 0 atom stereocenters. The van der Waals surface area contributed by atoms with Crippen LogP contribution >= 0.6 is 15.9 Å². The molecule has 0 saturated heterocycles. The third kappa shape index (κ3) is 6.44. The van der Waals surface area contributed by atoms with Crippen molar-refractivity contribution in [2.75, 3.05) is 13.1 Å². The molecule has 0 radical (unpaired) electrons. The number of hydrogen-bond donors (Lipinski definition) is 2. The van der Waals surface area contributed by atoms with Gasteiger partial charge in [0, 0.05) is 23.6 Å². The Kier molecular flexibility index (Phi) is 6.22. The monoisotopic (exact) mass is 298 g/mol. The summed E-state index contributed by atoms with van der Waals surface area (Å²) in [6.45, 7) is 5.65. The van der Waals surface area contributed by atoms with E-state index in [1.165, 1.54) is 0 Å². The lowest BCUT2D eigenvalue weighted by Gasteiger charge is -2.09. The van der Waals surface area contributed by atoms with E-state index >= 15 is 0 Å². The fraction of sp³-hybridized carbons (Fsp3) is 0.462. The van der Waals surface area contributed by atoms with Crippen LogP contribution in [0, 0.1) is 0 Å².